The van der Waals surface area contributed by atoms with E-state index in [-0.39, 0.29) is 0 Å². The summed E-state index contributed by atoms with van der Waals surface area (Å²) in [7, 11) is 0. The number of aryl methyl sites for hydroxylation is 1. The number of nitrogens with zero attached hydrogens (tertiary/aromatic N) is 2. The standard InChI is InChI=1S/C12H23N3S/c1-4-13-12(10-16-6-3)7-11-8-14-15(5-2)9-11/h8-9,12-13H,4-7,10H2,1-3H3. The maximum atomic E-state index is 4.31. The van der Waals surface area contributed by atoms with Crippen LogP contribution in [0.25, 0.3) is 0 Å². The summed E-state index contributed by atoms with van der Waals surface area (Å²) in [6, 6.07) is 0.574. The van der Waals surface area contributed by atoms with Crippen LogP contribution in [0.5, 0.6) is 0 Å². The fourth-order valence-electron chi connectivity index (χ4n) is 1.71. The molecule has 0 aromatic carbocycles. The van der Waals surface area contributed by atoms with Gasteiger partial charge >= 0.3 is 0 Å². The third kappa shape index (κ3) is 4.58. The predicted octanol–water partition coefficient (Wildman–Crippen LogP) is 2.18. The second-order valence-electron chi connectivity index (χ2n) is 3.82. The van der Waals surface area contributed by atoms with Crippen LogP contribution in [0.3, 0.4) is 0 Å². The summed E-state index contributed by atoms with van der Waals surface area (Å²) in [6.45, 7) is 8.49. The van der Waals surface area contributed by atoms with Gasteiger partial charge in [0.1, 0.15) is 0 Å². The van der Waals surface area contributed by atoms with Gasteiger partial charge in [0.15, 0.2) is 0 Å². The summed E-state index contributed by atoms with van der Waals surface area (Å²) < 4.78 is 1.99. The third-order valence-corrected chi connectivity index (χ3v) is 3.56. The van der Waals surface area contributed by atoms with Crippen molar-refractivity contribution in [3.8, 4) is 0 Å². The molecule has 1 aromatic rings. The molecule has 0 fully saturated rings. The monoisotopic (exact) mass is 241 g/mol. The van der Waals surface area contributed by atoms with E-state index in [2.05, 4.69) is 37.4 Å². The average molecular weight is 241 g/mol. The van der Waals surface area contributed by atoms with Crippen LogP contribution in [-0.4, -0.2) is 33.9 Å². The van der Waals surface area contributed by atoms with Gasteiger partial charge in [-0.05, 0) is 31.2 Å². The van der Waals surface area contributed by atoms with Gasteiger partial charge in [0.05, 0.1) is 6.20 Å². The van der Waals surface area contributed by atoms with Crippen LogP contribution in [0.2, 0.25) is 0 Å². The van der Waals surface area contributed by atoms with Gasteiger partial charge in [-0.15, -0.1) is 0 Å². The van der Waals surface area contributed by atoms with Crippen molar-refractivity contribution in [3.63, 3.8) is 0 Å². The Labute approximate surface area is 103 Å². The first-order chi connectivity index (χ1) is 7.80. The van der Waals surface area contributed by atoms with Crippen molar-refractivity contribution >= 4 is 11.8 Å². The number of aromatic nitrogens is 2. The molecule has 1 unspecified atom stereocenters. The van der Waals surface area contributed by atoms with E-state index in [1.54, 1.807) is 0 Å². The molecule has 1 heterocycles. The normalized spacial score (nSPS) is 12.9. The number of likely N-dealkylation sites (N-methyl/N-ethyl adjacent to an activating group) is 1. The molecular formula is C12H23N3S. The van der Waals surface area contributed by atoms with Gasteiger partial charge in [-0.25, -0.2) is 0 Å². The van der Waals surface area contributed by atoms with E-state index in [0.29, 0.717) is 6.04 Å². The largest absolute Gasteiger partial charge is 0.313 e. The second kappa shape index (κ2) is 7.74. The van der Waals surface area contributed by atoms with Crippen LogP contribution in [-0.2, 0) is 13.0 Å². The Morgan fingerprint density at radius 2 is 2.25 bits per heavy atom. The Bertz CT molecular complexity index is 286. The van der Waals surface area contributed by atoms with E-state index in [4.69, 9.17) is 0 Å². The smallest absolute Gasteiger partial charge is 0.0522 e. The first kappa shape index (κ1) is 13.6. The number of thioether (sulfide) groups is 1. The van der Waals surface area contributed by atoms with Gasteiger partial charge in [0.25, 0.3) is 0 Å². The maximum absolute atomic E-state index is 4.31. The highest BCUT2D eigenvalue weighted by Crippen LogP contribution is 2.08. The molecular weight excluding hydrogens is 218 g/mol. The van der Waals surface area contributed by atoms with Crippen LogP contribution in [0, 0.1) is 0 Å². The quantitative estimate of drug-likeness (QED) is 0.756. The molecule has 0 amide bonds. The van der Waals surface area contributed by atoms with Gasteiger partial charge in [-0.3, -0.25) is 4.68 Å². The average Bonchev–Trinajstić information content (AvgIpc) is 2.74. The zero-order chi connectivity index (χ0) is 11.8. The van der Waals surface area contributed by atoms with E-state index in [1.807, 2.05) is 22.6 Å². The minimum atomic E-state index is 0.574. The molecule has 0 aliphatic carbocycles. The number of rotatable bonds is 8. The Kier molecular flexibility index (Phi) is 6.57. The first-order valence-electron chi connectivity index (χ1n) is 6.12. The van der Waals surface area contributed by atoms with Gasteiger partial charge in [-0.1, -0.05) is 13.8 Å². The molecule has 0 radical (unpaired) electrons. The van der Waals surface area contributed by atoms with Crippen molar-refractivity contribution < 1.29 is 0 Å². The van der Waals surface area contributed by atoms with Crippen molar-refractivity contribution in [1.82, 2.24) is 15.1 Å². The highest BCUT2D eigenvalue weighted by atomic mass is 32.2. The molecule has 4 heteroatoms. The highest BCUT2D eigenvalue weighted by Gasteiger charge is 2.09. The molecule has 3 nitrogen and oxygen atoms in total. The Morgan fingerprint density at radius 1 is 1.44 bits per heavy atom. The van der Waals surface area contributed by atoms with E-state index < -0.39 is 0 Å². The molecule has 1 N–H and O–H groups in total. The lowest BCUT2D eigenvalue weighted by Crippen LogP contribution is -2.33. The molecule has 0 saturated heterocycles. The lowest BCUT2D eigenvalue weighted by Gasteiger charge is -2.16. The summed E-state index contributed by atoms with van der Waals surface area (Å²) >= 11 is 2.00. The van der Waals surface area contributed by atoms with E-state index in [0.717, 1.165) is 19.5 Å². The van der Waals surface area contributed by atoms with E-state index in [9.17, 15) is 0 Å². The topological polar surface area (TPSA) is 29.9 Å². The highest BCUT2D eigenvalue weighted by molar-refractivity contribution is 7.99. The summed E-state index contributed by atoms with van der Waals surface area (Å²) in [5.74, 6) is 2.37. The van der Waals surface area contributed by atoms with Crippen LogP contribution < -0.4 is 5.32 Å². The van der Waals surface area contributed by atoms with Crippen molar-refractivity contribution in [3.05, 3.63) is 18.0 Å². The van der Waals surface area contributed by atoms with Crippen LogP contribution in [0.1, 0.15) is 26.3 Å². The fourth-order valence-corrected chi connectivity index (χ4v) is 2.46. The zero-order valence-corrected chi connectivity index (χ0v) is 11.4. The van der Waals surface area contributed by atoms with Crippen LogP contribution in [0.15, 0.2) is 12.4 Å². The van der Waals surface area contributed by atoms with E-state index >= 15 is 0 Å². The van der Waals surface area contributed by atoms with Crippen molar-refractivity contribution in [2.24, 2.45) is 0 Å². The zero-order valence-electron chi connectivity index (χ0n) is 10.6. The maximum Gasteiger partial charge on any atom is 0.0522 e. The summed E-state index contributed by atoms with van der Waals surface area (Å²) in [5.41, 5.74) is 1.34. The Hall–Kier alpha value is -0.480. The molecule has 92 valence electrons. The van der Waals surface area contributed by atoms with Gasteiger partial charge in [0.2, 0.25) is 0 Å². The Balaban J connectivity index is 2.46. The van der Waals surface area contributed by atoms with Crippen molar-refractivity contribution in [2.45, 2.75) is 39.8 Å². The Morgan fingerprint density at radius 3 is 2.81 bits per heavy atom. The minimum Gasteiger partial charge on any atom is -0.313 e. The van der Waals surface area contributed by atoms with Gasteiger partial charge < -0.3 is 5.32 Å². The molecule has 16 heavy (non-hydrogen) atoms. The summed E-state index contributed by atoms with van der Waals surface area (Å²) in [5, 5.41) is 7.85. The third-order valence-electron chi connectivity index (χ3n) is 2.51. The van der Waals surface area contributed by atoms with Gasteiger partial charge in [-0.2, -0.15) is 16.9 Å². The summed E-state index contributed by atoms with van der Waals surface area (Å²) in [4.78, 5) is 0. The summed E-state index contributed by atoms with van der Waals surface area (Å²) in [6.07, 6.45) is 5.23. The SMILES string of the molecule is CCNC(CSCC)Cc1cnn(CC)c1. The second-order valence-corrected chi connectivity index (χ2v) is 5.14. The van der Waals surface area contributed by atoms with Crippen LogP contribution in [0.4, 0.5) is 0 Å². The molecule has 1 aromatic heterocycles. The van der Waals surface area contributed by atoms with E-state index in [1.165, 1.54) is 17.1 Å². The number of hydrogen-bond acceptors (Lipinski definition) is 3. The molecule has 0 spiro atoms. The fraction of sp³-hybridized carbons (Fsp3) is 0.750. The molecule has 0 aliphatic rings. The first-order valence-corrected chi connectivity index (χ1v) is 7.28. The molecule has 0 saturated carbocycles. The lowest BCUT2D eigenvalue weighted by molar-refractivity contribution is 0.572. The molecule has 0 bridgehead atoms. The number of hydrogen-bond donors (Lipinski definition) is 1. The molecule has 1 atom stereocenters. The lowest BCUT2D eigenvalue weighted by atomic mass is 10.1. The van der Waals surface area contributed by atoms with Crippen molar-refractivity contribution in [2.75, 3.05) is 18.1 Å². The minimum absolute atomic E-state index is 0.574. The van der Waals surface area contributed by atoms with Crippen LogP contribution >= 0.6 is 11.8 Å². The van der Waals surface area contributed by atoms with Crippen molar-refractivity contribution in [1.29, 1.82) is 0 Å². The predicted molar refractivity (Wildman–Crippen MR) is 72.1 cm³/mol. The van der Waals surface area contributed by atoms with Gasteiger partial charge in [0, 0.05) is 24.5 Å². The molecule has 0 aliphatic heterocycles. The molecule has 1 rings (SSSR count). The number of nitrogens with one attached hydrogen (secondary N) is 1.